The van der Waals surface area contributed by atoms with Crippen LogP contribution in [0.1, 0.15) is 44.6 Å². The van der Waals surface area contributed by atoms with Crippen molar-refractivity contribution in [2.75, 3.05) is 36.6 Å². The Bertz CT molecular complexity index is 1720. The molecule has 3 saturated heterocycles. The molecule has 0 bridgehead atoms. The molecule has 1 N–H and O–H groups in total. The van der Waals surface area contributed by atoms with Crippen molar-refractivity contribution in [3.8, 4) is 5.75 Å². The maximum Gasteiger partial charge on any atom is 0.268 e. The SMILES string of the molecule is COc1ccc([Si](C)(C)[C@@H]2[C@@H](CC(=O)N3CCC[C@H]3CO)O[C@]3(C(=O)N(c4ccccc4)c4ccc(N5CCCC5=O)cc43)[C@H]2C)cc1. The fraction of sp³-hybridized carbons (Fsp3) is 0.447. The van der Waals surface area contributed by atoms with E-state index in [4.69, 9.17) is 9.47 Å². The number of methoxy groups -OCH3 is 1. The third-order valence-corrected chi connectivity index (χ3v) is 15.8. The van der Waals surface area contributed by atoms with Crippen LogP contribution in [0.5, 0.6) is 5.75 Å². The average molecular weight is 668 g/mol. The number of hydrogen-bond acceptors (Lipinski definition) is 6. The lowest BCUT2D eigenvalue weighted by molar-refractivity contribution is -0.149. The molecule has 0 radical (unpaired) electrons. The van der Waals surface area contributed by atoms with Gasteiger partial charge in [0.05, 0.1) is 46.0 Å². The van der Waals surface area contributed by atoms with Crippen LogP contribution in [0.4, 0.5) is 17.1 Å². The number of fused-ring (bicyclic) bond motifs is 2. The van der Waals surface area contributed by atoms with Gasteiger partial charge in [0, 0.05) is 42.4 Å². The molecule has 0 unspecified atom stereocenters. The molecule has 9 nitrogen and oxygen atoms in total. The van der Waals surface area contributed by atoms with Crippen LogP contribution < -0.4 is 19.7 Å². The highest BCUT2D eigenvalue weighted by molar-refractivity contribution is 6.91. The zero-order valence-electron chi connectivity index (χ0n) is 28.2. The Morgan fingerprint density at radius 3 is 2.42 bits per heavy atom. The number of nitrogens with zero attached hydrogens (tertiary/aromatic N) is 3. The number of likely N-dealkylation sites (tertiary alicyclic amines) is 1. The second kappa shape index (κ2) is 12.5. The first-order chi connectivity index (χ1) is 23.1. The van der Waals surface area contributed by atoms with E-state index >= 15 is 4.79 Å². The molecule has 4 heterocycles. The van der Waals surface area contributed by atoms with Gasteiger partial charge >= 0.3 is 0 Å². The smallest absolute Gasteiger partial charge is 0.268 e. The number of para-hydroxylation sites is 1. The molecule has 0 aliphatic carbocycles. The summed E-state index contributed by atoms with van der Waals surface area (Å²) in [7, 11) is -0.819. The predicted molar refractivity (Wildman–Crippen MR) is 188 cm³/mol. The van der Waals surface area contributed by atoms with E-state index in [-0.39, 0.29) is 48.3 Å². The van der Waals surface area contributed by atoms with Gasteiger partial charge in [-0.25, -0.2) is 0 Å². The summed E-state index contributed by atoms with van der Waals surface area (Å²) in [6, 6.07) is 23.5. The molecule has 10 heteroatoms. The molecule has 48 heavy (non-hydrogen) atoms. The van der Waals surface area contributed by atoms with E-state index in [2.05, 4.69) is 32.2 Å². The minimum absolute atomic E-state index is 0.0488. The van der Waals surface area contributed by atoms with Crippen LogP contribution in [0, 0.1) is 5.92 Å². The monoisotopic (exact) mass is 667 g/mol. The number of carbonyl (C=O) groups excluding carboxylic acids is 3. The topological polar surface area (TPSA) is 99.6 Å². The van der Waals surface area contributed by atoms with Crippen molar-refractivity contribution in [2.45, 2.75) is 75.4 Å². The molecular formula is C38H45N3O6Si. The van der Waals surface area contributed by atoms with E-state index in [9.17, 15) is 14.7 Å². The second-order valence-corrected chi connectivity index (χ2v) is 18.9. The van der Waals surface area contributed by atoms with Gasteiger partial charge < -0.3 is 24.4 Å². The summed E-state index contributed by atoms with van der Waals surface area (Å²) >= 11 is 0. The molecule has 3 amide bonds. The molecule has 5 atom stereocenters. The number of ether oxygens (including phenoxy) is 2. The highest BCUT2D eigenvalue weighted by Gasteiger charge is 2.67. The Labute approximate surface area is 283 Å². The van der Waals surface area contributed by atoms with Crippen LogP contribution in [0.3, 0.4) is 0 Å². The third-order valence-electron chi connectivity index (χ3n) is 11.4. The van der Waals surface area contributed by atoms with Gasteiger partial charge in [-0.3, -0.25) is 19.3 Å². The predicted octanol–water partition coefficient (Wildman–Crippen LogP) is 5.09. The summed E-state index contributed by atoms with van der Waals surface area (Å²) in [6.45, 7) is 7.90. The first-order valence-corrected chi connectivity index (χ1v) is 20.3. The highest BCUT2D eigenvalue weighted by Crippen LogP contribution is 2.61. The molecule has 3 aromatic carbocycles. The Morgan fingerprint density at radius 1 is 1.00 bits per heavy atom. The quantitative estimate of drug-likeness (QED) is 0.336. The largest absolute Gasteiger partial charge is 0.497 e. The number of aliphatic hydroxyl groups excluding tert-OH is 1. The average Bonchev–Trinajstić information content (AvgIpc) is 3.87. The summed E-state index contributed by atoms with van der Waals surface area (Å²) in [5.74, 6) is 0.333. The summed E-state index contributed by atoms with van der Waals surface area (Å²) in [4.78, 5) is 47.5. The fourth-order valence-electron chi connectivity index (χ4n) is 8.99. The van der Waals surface area contributed by atoms with Gasteiger partial charge in [-0.2, -0.15) is 0 Å². The van der Waals surface area contributed by atoms with Crippen LogP contribution in [0.15, 0.2) is 72.8 Å². The Kier molecular flexibility index (Phi) is 8.46. The molecule has 0 aromatic heterocycles. The van der Waals surface area contributed by atoms with E-state index in [1.54, 1.807) is 21.8 Å². The van der Waals surface area contributed by atoms with E-state index < -0.39 is 19.8 Å². The minimum Gasteiger partial charge on any atom is -0.497 e. The molecule has 4 aliphatic rings. The van der Waals surface area contributed by atoms with E-state index in [0.717, 1.165) is 47.6 Å². The molecule has 3 aromatic rings. The van der Waals surface area contributed by atoms with Crippen LogP contribution >= 0.6 is 0 Å². The number of amides is 3. The van der Waals surface area contributed by atoms with Crippen molar-refractivity contribution >= 4 is 48.0 Å². The number of hydrogen-bond donors (Lipinski definition) is 1. The molecule has 7 rings (SSSR count). The van der Waals surface area contributed by atoms with Gasteiger partial charge in [0.15, 0.2) is 5.60 Å². The fourth-order valence-corrected chi connectivity index (χ4v) is 13.0. The lowest BCUT2D eigenvalue weighted by atomic mass is 9.82. The van der Waals surface area contributed by atoms with Gasteiger partial charge in [-0.05, 0) is 67.3 Å². The van der Waals surface area contributed by atoms with Crippen molar-refractivity contribution in [2.24, 2.45) is 5.92 Å². The van der Waals surface area contributed by atoms with Gasteiger partial charge in [0.1, 0.15) is 5.75 Å². The van der Waals surface area contributed by atoms with Gasteiger partial charge in [0.2, 0.25) is 11.8 Å². The normalized spacial score (nSPS) is 27.0. The zero-order chi connectivity index (χ0) is 33.8. The van der Waals surface area contributed by atoms with Gasteiger partial charge in [-0.1, -0.05) is 55.5 Å². The van der Waals surface area contributed by atoms with E-state index in [1.165, 1.54) is 5.19 Å². The van der Waals surface area contributed by atoms with Crippen LogP contribution in [0.2, 0.25) is 18.6 Å². The van der Waals surface area contributed by atoms with Crippen molar-refractivity contribution in [1.82, 2.24) is 4.90 Å². The van der Waals surface area contributed by atoms with E-state index in [1.807, 2.05) is 60.7 Å². The third kappa shape index (κ3) is 5.07. The lowest BCUT2D eigenvalue weighted by Gasteiger charge is -2.37. The number of carbonyl (C=O) groups is 3. The molecule has 3 fully saturated rings. The Balaban J connectivity index is 1.37. The number of rotatable bonds is 8. The molecule has 4 aliphatic heterocycles. The first kappa shape index (κ1) is 32.5. The van der Waals surface area contributed by atoms with Crippen molar-refractivity contribution < 1.29 is 29.0 Å². The highest BCUT2D eigenvalue weighted by atomic mass is 28.3. The van der Waals surface area contributed by atoms with Gasteiger partial charge in [0.25, 0.3) is 5.91 Å². The van der Waals surface area contributed by atoms with E-state index in [0.29, 0.717) is 19.5 Å². The molecule has 0 saturated carbocycles. The van der Waals surface area contributed by atoms with Crippen LogP contribution in [-0.4, -0.2) is 74.8 Å². The first-order valence-electron chi connectivity index (χ1n) is 17.2. The Morgan fingerprint density at radius 2 is 1.75 bits per heavy atom. The summed E-state index contributed by atoms with van der Waals surface area (Å²) in [6.07, 6.45) is 2.51. The number of anilines is 3. The molecule has 1 spiro atoms. The van der Waals surface area contributed by atoms with Crippen molar-refractivity contribution in [3.63, 3.8) is 0 Å². The minimum atomic E-state index is -2.47. The van der Waals surface area contributed by atoms with Crippen molar-refractivity contribution in [3.05, 3.63) is 78.4 Å². The standard InChI is InChI=1S/C38H45N3O6Si/c1-25-36(48(3,4)30-17-15-29(46-2)16-18-30)33(23-35(44)40-20-8-12-28(40)24-42)47-38(25)31-22-27(39-21-9-13-34(39)43)14-19-32(31)41(37(38)45)26-10-6-5-7-11-26/h5-7,10-11,14-19,22,25,28,33,36,42H,8-9,12-13,20-21,23-24H2,1-4H3/t25-,28-,33+,36-,38+/m0/s1. The maximum atomic E-state index is 15.2. The second-order valence-electron chi connectivity index (χ2n) is 14.3. The Hall–Kier alpha value is -3.99. The molecular weight excluding hydrogens is 623 g/mol. The van der Waals surface area contributed by atoms with Crippen molar-refractivity contribution in [1.29, 1.82) is 0 Å². The summed E-state index contributed by atoms with van der Waals surface area (Å²) in [5, 5.41) is 11.2. The number of benzene rings is 3. The lowest BCUT2D eigenvalue weighted by Crippen LogP contribution is -2.52. The number of aliphatic hydroxyl groups is 1. The van der Waals surface area contributed by atoms with Gasteiger partial charge in [-0.15, -0.1) is 0 Å². The summed E-state index contributed by atoms with van der Waals surface area (Å²) in [5.41, 5.74) is 1.51. The maximum absolute atomic E-state index is 15.2. The molecule has 252 valence electrons. The summed E-state index contributed by atoms with van der Waals surface area (Å²) < 4.78 is 12.7. The van der Waals surface area contributed by atoms with Crippen LogP contribution in [-0.2, 0) is 24.7 Å². The zero-order valence-corrected chi connectivity index (χ0v) is 29.2. The van der Waals surface area contributed by atoms with Crippen LogP contribution in [0.25, 0.3) is 0 Å².